The van der Waals surface area contributed by atoms with Gasteiger partial charge in [0.15, 0.2) is 0 Å². The lowest BCUT2D eigenvalue weighted by Gasteiger charge is -2.25. The van der Waals surface area contributed by atoms with Gasteiger partial charge in [-0.25, -0.2) is 0 Å². The fraction of sp³-hybridized carbons (Fsp3) is 0.280. The van der Waals surface area contributed by atoms with E-state index in [9.17, 15) is 9.59 Å². The fourth-order valence-electron chi connectivity index (χ4n) is 3.41. The van der Waals surface area contributed by atoms with Crippen molar-refractivity contribution in [3.63, 3.8) is 0 Å². The molecule has 0 saturated carbocycles. The number of carbonyl (C=O) groups excluding carboxylic acids is 2. The molecule has 0 saturated heterocycles. The van der Waals surface area contributed by atoms with Gasteiger partial charge in [0.05, 0.1) is 6.04 Å². The molecule has 0 bridgehead atoms. The van der Waals surface area contributed by atoms with E-state index in [4.69, 9.17) is 0 Å². The first-order valence-electron chi connectivity index (χ1n) is 10.2. The topological polar surface area (TPSA) is 61.4 Å². The summed E-state index contributed by atoms with van der Waals surface area (Å²) in [5.74, 6) is -0.243. The van der Waals surface area contributed by atoms with Crippen molar-refractivity contribution in [1.29, 1.82) is 0 Å². The molecule has 0 spiro atoms. The maximum atomic E-state index is 12.4. The normalized spacial score (nSPS) is 12.0. The highest BCUT2D eigenvalue weighted by Gasteiger charge is 2.15. The molecular formula is C25H29N3O2. The van der Waals surface area contributed by atoms with Crippen molar-refractivity contribution >= 4 is 22.6 Å². The number of hydrogen-bond acceptors (Lipinski definition) is 3. The zero-order chi connectivity index (χ0) is 21.5. The van der Waals surface area contributed by atoms with Crippen molar-refractivity contribution in [2.75, 3.05) is 27.2 Å². The predicted octanol–water partition coefficient (Wildman–Crippen LogP) is 3.69. The summed E-state index contributed by atoms with van der Waals surface area (Å²) in [5.41, 5.74) is 2.97. The van der Waals surface area contributed by atoms with Gasteiger partial charge in [-0.3, -0.25) is 9.59 Å². The third-order valence-corrected chi connectivity index (χ3v) is 5.23. The van der Waals surface area contributed by atoms with Gasteiger partial charge in [-0.2, -0.15) is 0 Å². The van der Waals surface area contributed by atoms with Crippen molar-refractivity contribution in [2.24, 2.45) is 0 Å². The fourth-order valence-corrected chi connectivity index (χ4v) is 3.41. The van der Waals surface area contributed by atoms with Gasteiger partial charge in [-0.05, 0) is 49.5 Å². The molecule has 3 rings (SSSR count). The summed E-state index contributed by atoms with van der Waals surface area (Å²) in [6.07, 6.45) is 0.243. The summed E-state index contributed by atoms with van der Waals surface area (Å²) >= 11 is 0. The van der Waals surface area contributed by atoms with E-state index < -0.39 is 0 Å². The van der Waals surface area contributed by atoms with Gasteiger partial charge in [0.1, 0.15) is 0 Å². The molecule has 5 heteroatoms. The average molecular weight is 404 g/mol. The van der Waals surface area contributed by atoms with Crippen LogP contribution in [-0.2, 0) is 4.79 Å². The van der Waals surface area contributed by atoms with Crippen LogP contribution >= 0.6 is 0 Å². The Kier molecular flexibility index (Phi) is 7.20. The van der Waals surface area contributed by atoms with Gasteiger partial charge in [-0.15, -0.1) is 0 Å². The molecule has 5 nitrogen and oxygen atoms in total. The van der Waals surface area contributed by atoms with E-state index in [2.05, 4.69) is 46.7 Å². The van der Waals surface area contributed by atoms with Gasteiger partial charge < -0.3 is 15.5 Å². The summed E-state index contributed by atoms with van der Waals surface area (Å²) < 4.78 is 0. The third-order valence-electron chi connectivity index (χ3n) is 5.23. The second-order valence-electron chi connectivity index (χ2n) is 7.76. The number of aryl methyl sites for hydroxylation is 1. The van der Waals surface area contributed by atoms with Crippen molar-refractivity contribution in [3.05, 3.63) is 83.4 Å². The third kappa shape index (κ3) is 5.67. The Morgan fingerprint density at radius 3 is 2.30 bits per heavy atom. The smallest absolute Gasteiger partial charge is 0.251 e. The Hall–Kier alpha value is -3.18. The SMILES string of the molecule is Cc1ccc(C(CNC(=O)CCNC(=O)c2ccc3ccccc3c2)N(C)C)cc1. The van der Waals surface area contributed by atoms with E-state index in [0.717, 1.165) is 16.3 Å². The van der Waals surface area contributed by atoms with Crippen molar-refractivity contribution in [2.45, 2.75) is 19.4 Å². The molecule has 3 aromatic rings. The molecule has 0 aliphatic carbocycles. The molecule has 1 unspecified atom stereocenters. The van der Waals surface area contributed by atoms with Crippen LogP contribution in [0.3, 0.4) is 0 Å². The summed E-state index contributed by atoms with van der Waals surface area (Å²) in [4.78, 5) is 26.7. The van der Waals surface area contributed by atoms with Crippen LogP contribution in [0, 0.1) is 6.92 Å². The number of nitrogens with zero attached hydrogens (tertiary/aromatic N) is 1. The quantitative estimate of drug-likeness (QED) is 0.603. The Labute approximate surface area is 178 Å². The molecule has 2 amide bonds. The van der Waals surface area contributed by atoms with Gasteiger partial charge in [0, 0.05) is 25.1 Å². The first-order chi connectivity index (χ1) is 14.4. The van der Waals surface area contributed by atoms with Crippen molar-refractivity contribution in [3.8, 4) is 0 Å². The zero-order valence-corrected chi connectivity index (χ0v) is 17.8. The van der Waals surface area contributed by atoms with E-state index in [0.29, 0.717) is 18.7 Å². The van der Waals surface area contributed by atoms with E-state index in [1.807, 2.05) is 50.5 Å². The van der Waals surface area contributed by atoms with Crippen LogP contribution < -0.4 is 10.6 Å². The van der Waals surface area contributed by atoms with E-state index >= 15 is 0 Å². The van der Waals surface area contributed by atoms with Crippen molar-refractivity contribution in [1.82, 2.24) is 15.5 Å². The lowest BCUT2D eigenvalue weighted by Crippen LogP contribution is -2.36. The van der Waals surface area contributed by atoms with E-state index in [-0.39, 0.29) is 24.3 Å². The standard InChI is InChI=1S/C25H29N3O2/c1-18-8-10-20(11-9-18)23(28(2)3)17-27-24(29)14-15-26-25(30)22-13-12-19-6-4-5-7-21(19)16-22/h4-13,16,23H,14-15,17H2,1-3H3,(H,26,30)(H,27,29). The maximum Gasteiger partial charge on any atom is 0.251 e. The van der Waals surface area contributed by atoms with Crippen LogP contribution in [0.15, 0.2) is 66.7 Å². The summed E-state index contributed by atoms with van der Waals surface area (Å²) in [6, 6.07) is 22.0. The highest BCUT2D eigenvalue weighted by Crippen LogP contribution is 2.18. The molecule has 0 fully saturated rings. The van der Waals surface area contributed by atoms with Gasteiger partial charge in [0.2, 0.25) is 5.91 Å². The molecule has 0 radical (unpaired) electrons. The number of carbonyl (C=O) groups is 2. The molecule has 156 valence electrons. The molecule has 0 aliphatic heterocycles. The number of fused-ring (bicyclic) bond motifs is 1. The maximum absolute atomic E-state index is 12.4. The molecule has 3 aromatic carbocycles. The molecule has 0 aliphatic rings. The number of amides is 2. The van der Waals surface area contributed by atoms with Gasteiger partial charge in [0.25, 0.3) is 5.91 Å². The first kappa shape index (κ1) is 21.5. The van der Waals surface area contributed by atoms with E-state index in [1.54, 1.807) is 6.07 Å². The van der Waals surface area contributed by atoms with E-state index in [1.165, 1.54) is 5.56 Å². The lowest BCUT2D eigenvalue weighted by molar-refractivity contribution is -0.121. The van der Waals surface area contributed by atoms with Crippen LogP contribution in [0.25, 0.3) is 10.8 Å². The second kappa shape index (κ2) is 10.0. The minimum Gasteiger partial charge on any atom is -0.354 e. The number of benzene rings is 3. The summed E-state index contributed by atoms with van der Waals surface area (Å²) in [7, 11) is 4.00. The van der Waals surface area contributed by atoms with Crippen LogP contribution in [0.1, 0.15) is 33.9 Å². The minimum absolute atomic E-state index is 0.0761. The predicted molar refractivity (Wildman–Crippen MR) is 122 cm³/mol. The van der Waals surface area contributed by atoms with Gasteiger partial charge in [-0.1, -0.05) is 60.2 Å². The average Bonchev–Trinajstić information content (AvgIpc) is 2.74. The van der Waals surface area contributed by atoms with Crippen LogP contribution in [0.5, 0.6) is 0 Å². The molecule has 0 heterocycles. The Balaban J connectivity index is 1.47. The highest BCUT2D eigenvalue weighted by atomic mass is 16.2. The molecule has 2 N–H and O–H groups in total. The summed E-state index contributed by atoms with van der Waals surface area (Å²) in [5, 5.41) is 7.93. The Morgan fingerprint density at radius 1 is 0.900 bits per heavy atom. The minimum atomic E-state index is -0.167. The number of hydrogen-bond donors (Lipinski definition) is 2. The number of rotatable bonds is 8. The van der Waals surface area contributed by atoms with Gasteiger partial charge >= 0.3 is 0 Å². The number of likely N-dealkylation sites (N-methyl/N-ethyl adjacent to an activating group) is 1. The lowest BCUT2D eigenvalue weighted by atomic mass is 10.0. The summed E-state index contributed by atoms with van der Waals surface area (Å²) in [6.45, 7) is 2.88. The second-order valence-corrected chi connectivity index (χ2v) is 7.76. The number of nitrogens with one attached hydrogen (secondary N) is 2. The van der Waals surface area contributed by atoms with Crippen molar-refractivity contribution < 1.29 is 9.59 Å². The first-order valence-corrected chi connectivity index (χ1v) is 10.2. The molecule has 30 heavy (non-hydrogen) atoms. The molecule has 1 atom stereocenters. The zero-order valence-electron chi connectivity index (χ0n) is 17.8. The Bertz CT molecular complexity index is 1010. The van der Waals surface area contributed by atoms with Crippen LogP contribution in [0.4, 0.5) is 0 Å². The highest BCUT2D eigenvalue weighted by molar-refractivity contribution is 5.98. The molecule has 0 aromatic heterocycles. The largest absolute Gasteiger partial charge is 0.354 e. The Morgan fingerprint density at radius 2 is 1.60 bits per heavy atom. The monoisotopic (exact) mass is 403 g/mol. The van der Waals surface area contributed by atoms with Crippen LogP contribution in [0.2, 0.25) is 0 Å². The van der Waals surface area contributed by atoms with Crippen LogP contribution in [-0.4, -0.2) is 43.9 Å². The molecular weight excluding hydrogens is 374 g/mol.